The van der Waals surface area contributed by atoms with E-state index >= 15 is 0 Å². The zero-order valence-corrected chi connectivity index (χ0v) is 15.9. The highest BCUT2D eigenvalue weighted by Crippen LogP contribution is 2.20. The predicted octanol–water partition coefficient (Wildman–Crippen LogP) is 3.78. The molecule has 26 heavy (non-hydrogen) atoms. The lowest BCUT2D eigenvalue weighted by atomic mass is 10.1. The number of aliphatic carboxylic acids is 1. The van der Waals surface area contributed by atoms with Crippen LogP contribution >= 0.6 is 0 Å². The molecule has 2 aromatic rings. The fourth-order valence-electron chi connectivity index (χ4n) is 2.07. The molecule has 1 unspecified atom stereocenters. The molecule has 0 amide bonds. The summed E-state index contributed by atoms with van der Waals surface area (Å²) in [4.78, 5) is 9.00. The summed E-state index contributed by atoms with van der Waals surface area (Å²) >= 11 is 0. The van der Waals surface area contributed by atoms with Crippen LogP contribution in [0.5, 0.6) is 5.75 Å². The van der Waals surface area contributed by atoms with Crippen molar-refractivity contribution in [1.82, 2.24) is 5.32 Å². The van der Waals surface area contributed by atoms with Crippen LogP contribution in [0.3, 0.4) is 0 Å². The molecule has 2 rings (SSSR count). The van der Waals surface area contributed by atoms with Gasteiger partial charge in [-0.15, -0.1) is 0 Å². The van der Waals surface area contributed by atoms with Crippen molar-refractivity contribution in [3.8, 4) is 5.75 Å². The highest BCUT2D eigenvalue weighted by molar-refractivity contribution is 5.62. The molecule has 0 aliphatic rings. The molecule has 0 aromatic heterocycles. The highest BCUT2D eigenvalue weighted by Gasteiger charge is 2.14. The number of β-amino-alcohol motifs (C(OH)–C–C–N with tert-alkyl or cyclic N) is 1. The zero-order valence-electron chi connectivity index (χ0n) is 15.9. The average molecular weight is 359 g/mol. The number of carboxylic acid groups (broad SMARTS) is 1. The lowest BCUT2D eigenvalue weighted by molar-refractivity contribution is -0.134. The van der Waals surface area contributed by atoms with Crippen molar-refractivity contribution < 1.29 is 19.7 Å². The van der Waals surface area contributed by atoms with Crippen LogP contribution in [0.1, 0.15) is 44.9 Å². The third kappa shape index (κ3) is 9.81. The van der Waals surface area contributed by atoms with Crippen molar-refractivity contribution >= 4 is 5.97 Å². The van der Waals surface area contributed by atoms with Gasteiger partial charge in [0, 0.05) is 19.0 Å². The number of nitrogens with one attached hydrogen (secondary N) is 1. The second kappa shape index (κ2) is 10.6. The smallest absolute Gasteiger partial charge is 0.300 e. The van der Waals surface area contributed by atoms with Crippen molar-refractivity contribution in [3.05, 3.63) is 65.7 Å². The number of rotatable bonds is 6. The number of hydrogen-bond acceptors (Lipinski definition) is 4. The summed E-state index contributed by atoms with van der Waals surface area (Å²) in [7, 11) is 0. The van der Waals surface area contributed by atoms with Crippen LogP contribution in [0.4, 0.5) is 0 Å². The number of carboxylic acids is 1. The highest BCUT2D eigenvalue weighted by atomic mass is 16.5. The Labute approximate surface area is 155 Å². The summed E-state index contributed by atoms with van der Waals surface area (Å²) < 4.78 is 5.80. The molecular weight excluding hydrogens is 330 g/mol. The molecule has 1 atom stereocenters. The molecule has 0 saturated carbocycles. The number of carbonyl (C=O) groups is 1. The molecule has 0 radical (unpaired) electrons. The summed E-state index contributed by atoms with van der Waals surface area (Å²) in [6.07, 6.45) is -0.542. The Balaban J connectivity index is 0.000000765. The SMILES string of the molecule is CC(=O)O.CC(C)(C)NCC(O)c1cccc(OCc2ccccc2)c1. The minimum Gasteiger partial charge on any atom is -0.489 e. The van der Waals surface area contributed by atoms with E-state index in [1.165, 1.54) is 0 Å². The molecule has 2 aromatic carbocycles. The Bertz CT molecular complexity index is 661. The van der Waals surface area contributed by atoms with Crippen molar-refractivity contribution in [3.63, 3.8) is 0 Å². The summed E-state index contributed by atoms with van der Waals surface area (Å²) in [5, 5.41) is 21.0. The number of benzene rings is 2. The van der Waals surface area contributed by atoms with Crippen LogP contribution in [-0.4, -0.2) is 28.3 Å². The van der Waals surface area contributed by atoms with Crippen LogP contribution in [0.15, 0.2) is 54.6 Å². The molecule has 0 saturated heterocycles. The van der Waals surface area contributed by atoms with Crippen LogP contribution < -0.4 is 10.1 Å². The Hall–Kier alpha value is -2.37. The van der Waals surface area contributed by atoms with Crippen molar-refractivity contribution in [2.24, 2.45) is 0 Å². The maximum atomic E-state index is 10.3. The predicted molar refractivity (Wildman–Crippen MR) is 103 cm³/mol. The van der Waals surface area contributed by atoms with Gasteiger partial charge in [0.1, 0.15) is 12.4 Å². The van der Waals surface area contributed by atoms with Gasteiger partial charge < -0.3 is 20.3 Å². The quantitative estimate of drug-likeness (QED) is 0.731. The average Bonchev–Trinajstić information content (AvgIpc) is 2.58. The standard InChI is InChI=1S/C19H25NO2.C2H4O2/c1-19(2,3)20-13-18(21)16-10-7-11-17(12-16)22-14-15-8-5-4-6-9-15;1-2(3)4/h4-12,18,20-21H,13-14H2,1-3H3;1H3,(H,3,4). The Morgan fingerprint density at radius 1 is 1.12 bits per heavy atom. The normalized spacial score (nSPS) is 11.9. The Morgan fingerprint density at radius 3 is 2.31 bits per heavy atom. The zero-order chi connectivity index (χ0) is 19.6. The molecule has 142 valence electrons. The number of hydrogen-bond donors (Lipinski definition) is 3. The molecule has 3 N–H and O–H groups in total. The monoisotopic (exact) mass is 359 g/mol. The van der Waals surface area contributed by atoms with Gasteiger partial charge in [-0.25, -0.2) is 0 Å². The third-order valence-corrected chi connectivity index (χ3v) is 3.32. The molecule has 0 fully saturated rings. The van der Waals surface area contributed by atoms with Gasteiger partial charge in [0.05, 0.1) is 6.10 Å². The minimum atomic E-state index is -0.833. The molecule has 0 bridgehead atoms. The van der Waals surface area contributed by atoms with E-state index in [0.29, 0.717) is 13.2 Å². The van der Waals surface area contributed by atoms with Crippen LogP contribution in [-0.2, 0) is 11.4 Å². The van der Waals surface area contributed by atoms with Gasteiger partial charge in [0.2, 0.25) is 0 Å². The Morgan fingerprint density at radius 2 is 1.73 bits per heavy atom. The van der Waals surface area contributed by atoms with Crippen LogP contribution in [0, 0.1) is 0 Å². The van der Waals surface area contributed by atoms with Gasteiger partial charge in [-0.3, -0.25) is 4.79 Å². The lowest BCUT2D eigenvalue weighted by Gasteiger charge is -2.23. The van der Waals surface area contributed by atoms with Crippen LogP contribution in [0.2, 0.25) is 0 Å². The Kier molecular flexibility index (Phi) is 8.82. The van der Waals surface area contributed by atoms with E-state index in [1.807, 2.05) is 54.6 Å². The van der Waals surface area contributed by atoms with E-state index in [2.05, 4.69) is 26.1 Å². The van der Waals surface area contributed by atoms with E-state index in [-0.39, 0.29) is 5.54 Å². The molecule has 0 heterocycles. The van der Waals surface area contributed by atoms with E-state index < -0.39 is 12.1 Å². The van der Waals surface area contributed by atoms with E-state index in [4.69, 9.17) is 14.6 Å². The van der Waals surface area contributed by atoms with Gasteiger partial charge in [-0.2, -0.15) is 0 Å². The summed E-state index contributed by atoms with van der Waals surface area (Å²) in [6.45, 7) is 8.38. The number of aliphatic hydroxyl groups excluding tert-OH is 1. The first-order chi connectivity index (χ1) is 12.2. The fourth-order valence-corrected chi connectivity index (χ4v) is 2.07. The first kappa shape index (κ1) is 21.7. The number of aliphatic hydroxyl groups is 1. The third-order valence-electron chi connectivity index (χ3n) is 3.32. The van der Waals surface area contributed by atoms with Crippen molar-refractivity contribution in [2.45, 2.75) is 45.9 Å². The summed E-state index contributed by atoms with van der Waals surface area (Å²) in [5.41, 5.74) is 1.98. The molecule has 5 nitrogen and oxygen atoms in total. The van der Waals surface area contributed by atoms with Gasteiger partial charge in [-0.05, 0) is 44.0 Å². The minimum absolute atomic E-state index is 0.0115. The summed E-state index contributed by atoms with van der Waals surface area (Å²) in [6, 6.07) is 17.7. The molecule has 5 heteroatoms. The largest absolute Gasteiger partial charge is 0.489 e. The van der Waals surface area contributed by atoms with E-state index in [0.717, 1.165) is 23.8 Å². The van der Waals surface area contributed by atoms with Gasteiger partial charge in [-0.1, -0.05) is 42.5 Å². The summed E-state index contributed by atoms with van der Waals surface area (Å²) in [5.74, 6) is -0.0591. The second-order valence-electron chi connectivity index (χ2n) is 7.01. The molecule has 0 aliphatic heterocycles. The molecule has 0 aliphatic carbocycles. The first-order valence-electron chi connectivity index (χ1n) is 8.56. The van der Waals surface area contributed by atoms with Crippen LogP contribution in [0.25, 0.3) is 0 Å². The maximum absolute atomic E-state index is 10.3. The lowest BCUT2D eigenvalue weighted by Crippen LogP contribution is -2.38. The molecular formula is C21H29NO4. The fraction of sp³-hybridized carbons (Fsp3) is 0.381. The second-order valence-corrected chi connectivity index (χ2v) is 7.01. The van der Waals surface area contributed by atoms with Crippen molar-refractivity contribution in [1.29, 1.82) is 0 Å². The van der Waals surface area contributed by atoms with Gasteiger partial charge in [0.25, 0.3) is 5.97 Å². The number of ether oxygens (including phenoxy) is 1. The van der Waals surface area contributed by atoms with Gasteiger partial charge >= 0.3 is 0 Å². The maximum Gasteiger partial charge on any atom is 0.300 e. The first-order valence-corrected chi connectivity index (χ1v) is 8.56. The molecule has 0 spiro atoms. The van der Waals surface area contributed by atoms with E-state index in [9.17, 15) is 5.11 Å². The van der Waals surface area contributed by atoms with Gasteiger partial charge in [0.15, 0.2) is 0 Å². The van der Waals surface area contributed by atoms with E-state index in [1.54, 1.807) is 0 Å². The van der Waals surface area contributed by atoms with Crippen molar-refractivity contribution in [2.75, 3.05) is 6.54 Å². The topological polar surface area (TPSA) is 78.8 Å².